The molecule has 1 rings (SSSR count). The van der Waals surface area contributed by atoms with Crippen LogP contribution in [0.1, 0.15) is 31.1 Å². The van der Waals surface area contributed by atoms with Gasteiger partial charge in [0.15, 0.2) is 5.56 Å². The van der Waals surface area contributed by atoms with Gasteiger partial charge in [0.05, 0.1) is 19.8 Å². The molecule has 1 aromatic rings. The molecule has 0 fully saturated rings. The lowest BCUT2D eigenvalue weighted by Gasteiger charge is -2.12. The lowest BCUT2D eigenvalue weighted by atomic mass is 10.3. The van der Waals surface area contributed by atoms with E-state index in [0.717, 1.165) is 0 Å². The third kappa shape index (κ3) is 3.22. The molecule has 1 aromatic heterocycles. The molecule has 0 amide bonds. The number of ether oxygens (including phenoxy) is 3. The minimum absolute atomic E-state index is 0.0365. The van der Waals surface area contributed by atoms with Crippen molar-refractivity contribution in [3.05, 3.63) is 5.56 Å². The molecule has 0 unspecified atom stereocenters. The molecule has 0 aliphatic carbocycles. The quantitative estimate of drug-likeness (QED) is 0.787. The highest BCUT2D eigenvalue weighted by Crippen LogP contribution is 2.27. The zero-order chi connectivity index (χ0) is 13.5. The van der Waals surface area contributed by atoms with E-state index in [1.165, 1.54) is 0 Å². The summed E-state index contributed by atoms with van der Waals surface area (Å²) in [6.07, 6.45) is 0. The van der Waals surface area contributed by atoms with Crippen LogP contribution < -0.4 is 14.2 Å². The number of carboxylic acid groups (broad SMARTS) is 1. The Morgan fingerprint density at radius 3 is 1.78 bits per heavy atom. The summed E-state index contributed by atoms with van der Waals surface area (Å²) in [6, 6.07) is 0.0365. The van der Waals surface area contributed by atoms with Crippen LogP contribution in [0.3, 0.4) is 0 Å². The van der Waals surface area contributed by atoms with Crippen molar-refractivity contribution in [2.45, 2.75) is 20.8 Å². The number of carbonyl (C=O) groups is 1. The van der Waals surface area contributed by atoms with Gasteiger partial charge in [0.25, 0.3) is 0 Å². The highest BCUT2D eigenvalue weighted by Gasteiger charge is 2.23. The molecular weight excluding hydrogens is 240 g/mol. The van der Waals surface area contributed by atoms with Gasteiger partial charge in [-0.05, 0) is 20.8 Å². The van der Waals surface area contributed by atoms with Gasteiger partial charge in [0.2, 0.25) is 11.8 Å². The SMILES string of the molecule is CCOc1nc(OCC)c(C(=O)O)c(OCC)n1. The molecule has 18 heavy (non-hydrogen) atoms. The smallest absolute Gasteiger partial charge is 0.346 e. The summed E-state index contributed by atoms with van der Waals surface area (Å²) in [5.41, 5.74) is -0.192. The molecule has 0 bridgehead atoms. The molecule has 100 valence electrons. The highest BCUT2D eigenvalue weighted by molar-refractivity contribution is 5.92. The molecule has 7 heteroatoms. The summed E-state index contributed by atoms with van der Waals surface area (Å²) in [7, 11) is 0. The molecule has 7 nitrogen and oxygen atoms in total. The first kappa shape index (κ1) is 14.0. The topological polar surface area (TPSA) is 90.8 Å². The molecule has 0 saturated carbocycles. The van der Waals surface area contributed by atoms with E-state index in [1.807, 2.05) is 0 Å². The molecule has 0 aliphatic rings. The summed E-state index contributed by atoms with van der Waals surface area (Å²) < 4.78 is 15.5. The Hall–Kier alpha value is -2.05. The number of aromatic nitrogens is 2. The molecule has 1 N–H and O–H groups in total. The predicted molar refractivity (Wildman–Crippen MR) is 62.5 cm³/mol. The first-order valence-electron chi connectivity index (χ1n) is 5.67. The molecule has 0 spiro atoms. The number of nitrogens with zero attached hydrogens (tertiary/aromatic N) is 2. The van der Waals surface area contributed by atoms with Crippen molar-refractivity contribution in [2.24, 2.45) is 0 Å². The van der Waals surface area contributed by atoms with Gasteiger partial charge in [-0.1, -0.05) is 0 Å². The van der Waals surface area contributed by atoms with Gasteiger partial charge in [-0.25, -0.2) is 4.79 Å². The van der Waals surface area contributed by atoms with Crippen LogP contribution in [0, 0.1) is 0 Å². The van der Waals surface area contributed by atoms with E-state index in [4.69, 9.17) is 19.3 Å². The van der Waals surface area contributed by atoms with Crippen molar-refractivity contribution >= 4 is 5.97 Å². The van der Waals surface area contributed by atoms with Crippen molar-refractivity contribution in [1.82, 2.24) is 9.97 Å². The van der Waals surface area contributed by atoms with E-state index < -0.39 is 5.97 Å². The predicted octanol–water partition coefficient (Wildman–Crippen LogP) is 1.37. The Bertz CT molecular complexity index is 395. The Kier molecular flexibility index (Phi) is 5.16. The molecule has 0 aliphatic heterocycles. The van der Waals surface area contributed by atoms with Crippen LogP contribution >= 0.6 is 0 Å². The monoisotopic (exact) mass is 256 g/mol. The molecular formula is C11H16N2O5. The van der Waals surface area contributed by atoms with Gasteiger partial charge < -0.3 is 19.3 Å². The fourth-order valence-corrected chi connectivity index (χ4v) is 1.26. The lowest BCUT2D eigenvalue weighted by Crippen LogP contribution is -2.12. The van der Waals surface area contributed by atoms with Gasteiger partial charge in [-0.2, -0.15) is 9.97 Å². The van der Waals surface area contributed by atoms with Crippen LogP contribution in [-0.2, 0) is 0 Å². The molecule has 0 aromatic carbocycles. The number of hydrogen-bond donors (Lipinski definition) is 1. The molecule has 0 atom stereocenters. The second-order valence-corrected chi connectivity index (χ2v) is 3.10. The molecule has 0 saturated heterocycles. The van der Waals surface area contributed by atoms with Crippen LogP contribution in [-0.4, -0.2) is 40.9 Å². The summed E-state index contributed by atoms with van der Waals surface area (Å²) in [4.78, 5) is 19.0. The average Bonchev–Trinajstić information content (AvgIpc) is 2.29. The van der Waals surface area contributed by atoms with E-state index in [2.05, 4.69) is 9.97 Å². The Morgan fingerprint density at radius 1 is 1.00 bits per heavy atom. The maximum atomic E-state index is 11.2. The van der Waals surface area contributed by atoms with Gasteiger partial charge in [0.1, 0.15) is 0 Å². The van der Waals surface area contributed by atoms with Crippen molar-refractivity contribution in [1.29, 1.82) is 0 Å². The molecule has 0 radical (unpaired) electrons. The van der Waals surface area contributed by atoms with Crippen LogP contribution in [0.4, 0.5) is 0 Å². The highest BCUT2D eigenvalue weighted by atomic mass is 16.5. The van der Waals surface area contributed by atoms with E-state index in [1.54, 1.807) is 20.8 Å². The standard InChI is InChI=1S/C11H16N2O5/c1-4-16-8-7(10(14)15)9(17-5-2)13-11(12-8)18-6-3/h4-6H2,1-3H3,(H,14,15). The number of carboxylic acids is 1. The Labute approximate surface area is 105 Å². The third-order valence-electron chi connectivity index (χ3n) is 1.87. The van der Waals surface area contributed by atoms with Crippen molar-refractivity contribution in [3.8, 4) is 17.8 Å². The van der Waals surface area contributed by atoms with E-state index in [-0.39, 0.29) is 36.5 Å². The minimum atomic E-state index is -1.20. The summed E-state index contributed by atoms with van der Waals surface area (Å²) in [5, 5.41) is 9.14. The fraction of sp³-hybridized carbons (Fsp3) is 0.545. The second-order valence-electron chi connectivity index (χ2n) is 3.10. The Balaban J connectivity index is 3.29. The average molecular weight is 256 g/mol. The maximum absolute atomic E-state index is 11.2. The first-order valence-corrected chi connectivity index (χ1v) is 5.67. The van der Waals surface area contributed by atoms with Gasteiger partial charge in [-0.15, -0.1) is 0 Å². The van der Waals surface area contributed by atoms with Crippen LogP contribution in [0.25, 0.3) is 0 Å². The van der Waals surface area contributed by atoms with E-state index in [9.17, 15) is 4.79 Å². The lowest BCUT2D eigenvalue weighted by molar-refractivity contribution is 0.0685. The third-order valence-corrected chi connectivity index (χ3v) is 1.87. The Morgan fingerprint density at radius 2 is 1.44 bits per heavy atom. The van der Waals surface area contributed by atoms with E-state index >= 15 is 0 Å². The van der Waals surface area contributed by atoms with Crippen LogP contribution in [0.2, 0.25) is 0 Å². The summed E-state index contributed by atoms with van der Waals surface area (Å²) >= 11 is 0. The minimum Gasteiger partial charge on any atom is -0.477 e. The van der Waals surface area contributed by atoms with Crippen molar-refractivity contribution in [3.63, 3.8) is 0 Å². The van der Waals surface area contributed by atoms with Gasteiger partial charge >= 0.3 is 12.0 Å². The number of aromatic carboxylic acids is 1. The zero-order valence-corrected chi connectivity index (χ0v) is 10.6. The first-order chi connectivity index (χ1) is 8.63. The maximum Gasteiger partial charge on any atom is 0.346 e. The summed E-state index contributed by atoms with van der Waals surface area (Å²) in [6.45, 7) is 6.17. The van der Waals surface area contributed by atoms with Gasteiger partial charge in [0, 0.05) is 0 Å². The van der Waals surface area contributed by atoms with Crippen LogP contribution in [0.5, 0.6) is 17.8 Å². The van der Waals surface area contributed by atoms with Crippen molar-refractivity contribution < 1.29 is 24.1 Å². The second kappa shape index (κ2) is 6.63. The van der Waals surface area contributed by atoms with Gasteiger partial charge in [-0.3, -0.25) is 0 Å². The number of rotatable bonds is 7. The summed E-state index contributed by atoms with van der Waals surface area (Å²) in [5.74, 6) is -1.30. The fourth-order valence-electron chi connectivity index (χ4n) is 1.26. The number of hydrogen-bond acceptors (Lipinski definition) is 6. The molecule has 1 heterocycles. The van der Waals surface area contributed by atoms with Crippen LogP contribution in [0.15, 0.2) is 0 Å². The largest absolute Gasteiger partial charge is 0.477 e. The van der Waals surface area contributed by atoms with E-state index in [0.29, 0.717) is 6.61 Å². The van der Waals surface area contributed by atoms with Crippen molar-refractivity contribution in [2.75, 3.05) is 19.8 Å². The normalized spacial score (nSPS) is 9.94. The zero-order valence-electron chi connectivity index (χ0n) is 10.6.